The second-order valence-corrected chi connectivity index (χ2v) is 4.02. The van der Waals surface area contributed by atoms with Gasteiger partial charge in [-0.2, -0.15) is 0 Å². The molecular weight excluding hydrogens is 228 g/mol. The van der Waals surface area contributed by atoms with Crippen molar-refractivity contribution in [2.75, 3.05) is 6.61 Å². The van der Waals surface area contributed by atoms with E-state index >= 15 is 0 Å². The van der Waals surface area contributed by atoms with Gasteiger partial charge in [0, 0.05) is 5.56 Å². The Kier molecular flexibility index (Phi) is 3.75. The van der Waals surface area contributed by atoms with Crippen LogP contribution in [0.1, 0.15) is 15.9 Å². The molecule has 3 heteroatoms. The first-order chi connectivity index (χ1) is 8.69. The monoisotopic (exact) mass is 242 g/mol. The summed E-state index contributed by atoms with van der Waals surface area (Å²) < 4.78 is 5.65. The van der Waals surface area contributed by atoms with Gasteiger partial charge in [-0.1, -0.05) is 12.1 Å². The smallest absolute Gasteiger partial charge is 0.188 e. The summed E-state index contributed by atoms with van der Waals surface area (Å²) in [6, 6.07) is 14.4. The highest BCUT2D eigenvalue weighted by Crippen LogP contribution is 2.22. The average Bonchev–Trinajstić information content (AvgIpc) is 2.39. The summed E-state index contributed by atoms with van der Waals surface area (Å²) in [6.45, 7) is 1.52. The molecule has 0 aliphatic rings. The molecule has 2 aromatic rings. The van der Waals surface area contributed by atoms with E-state index in [-0.39, 0.29) is 5.78 Å². The highest BCUT2D eigenvalue weighted by Gasteiger charge is 2.04. The Morgan fingerprint density at radius 3 is 2.44 bits per heavy atom. The van der Waals surface area contributed by atoms with Gasteiger partial charge in [-0.3, -0.25) is 4.79 Å². The predicted molar refractivity (Wildman–Crippen MR) is 69.1 cm³/mol. The molecule has 1 N–H and O–H groups in total. The summed E-state index contributed by atoms with van der Waals surface area (Å²) in [4.78, 5) is 11.2. The molecule has 18 heavy (non-hydrogen) atoms. The van der Waals surface area contributed by atoms with E-state index in [1.165, 1.54) is 0 Å². The van der Waals surface area contributed by atoms with E-state index in [1.54, 1.807) is 24.3 Å². The number of hydrogen-bond donors (Lipinski definition) is 1. The van der Waals surface area contributed by atoms with Gasteiger partial charge in [0.25, 0.3) is 0 Å². The molecule has 3 nitrogen and oxygen atoms in total. The van der Waals surface area contributed by atoms with Crippen molar-refractivity contribution >= 4 is 5.78 Å². The van der Waals surface area contributed by atoms with Crippen molar-refractivity contribution in [1.82, 2.24) is 0 Å². The summed E-state index contributed by atoms with van der Waals surface area (Å²) in [5.74, 6) is 1.13. The number of rotatable bonds is 4. The number of ether oxygens (including phenoxy) is 1. The fourth-order valence-corrected chi connectivity index (χ4v) is 1.62. The van der Waals surface area contributed by atoms with Crippen molar-refractivity contribution in [1.29, 1.82) is 0 Å². The summed E-state index contributed by atoms with van der Waals surface area (Å²) in [5.41, 5.74) is 1.61. The zero-order valence-electron chi connectivity index (χ0n) is 10.1. The second-order valence-electron chi connectivity index (χ2n) is 4.02. The molecule has 2 rings (SSSR count). The maximum absolute atomic E-state index is 11.2. The standard InChI is InChI=1S/C15H14O3/c1-11-3-2-4-14(9-11)18-13-7-5-12(6-8-13)15(17)10-16/h2-9,16H,10H2,1H3. The molecule has 0 saturated heterocycles. The Morgan fingerprint density at radius 1 is 1.11 bits per heavy atom. The number of ketones is 1. The normalized spacial score (nSPS) is 10.1. The molecule has 0 aromatic heterocycles. The maximum Gasteiger partial charge on any atom is 0.188 e. The van der Waals surface area contributed by atoms with Crippen LogP contribution in [0.4, 0.5) is 0 Å². The molecule has 0 saturated carbocycles. The number of Topliss-reactive ketones (excluding diaryl/α,β-unsaturated/α-hetero) is 1. The van der Waals surface area contributed by atoms with Crippen LogP contribution in [0, 0.1) is 6.92 Å². The Labute approximate surface area is 106 Å². The van der Waals surface area contributed by atoms with Crippen LogP contribution in [-0.4, -0.2) is 17.5 Å². The molecular formula is C15H14O3. The molecule has 92 valence electrons. The molecule has 0 aliphatic carbocycles. The SMILES string of the molecule is Cc1cccc(Oc2ccc(C(=O)CO)cc2)c1. The molecule has 0 spiro atoms. The van der Waals surface area contributed by atoms with Crippen LogP contribution in [0.3, 0.4) is 0 Å². The molecule has 0 amide bonds. The van der Waals surface area contributed by atoms with Gasteiger partial charge in [0.1, 0.15) is 18.1 Å². The lowest BCUT2D eigenvalue weighted by Gasteiger charge is -2.06. The van der Waals surface area contributed by atoms with Gasteiger partial charge in [0.2, 0.25) is 0 Å². The van der Waals surface area contributed by atoms with Gasteiger partial charge in [0.05, 0.1) is 0 Å². The Morgan fingerprint density at radius 2 is 1.83 bits per heavy atom. The van der Waals surface area contributed by atoms with E-state index in [2.05, 4.69) is 0 Å². The summed E-state index contributed by atoms with van der Waals surface area (Å²) >= 11 is 0. The van der Waals surface area contributed by atoms with Crippen LogP contribution in [0.15, 0.2) is 48.5 Å². The van der Waals surface area contributed by atoms with Crippen molar-refractivity contribution < 1.29 is 14.6 Å². The summed E-state index contributed by atoms with van der Waals surface area (Å²) in [6.07, 6.45) is 0. The Balaban J connectivity index is 2.13. The third-order valence-corrected chi connectivity index (χ3v) is 2.55. The predicted octanol–water partition coefficient (Wildman–Crippen LogP) is 2.96. The largest absolute Gasteiger partial charge is 0.457 e. The highest BCUT2D eigenvalue weighted by atomic mass is 16.5. The molecule has 0 unspecified atom stereocenters. The maximum atomic E-state index is 11.2. The molecule has 2 aromatic carbocycles. The molecule has 0 aliphatic heterocycles. The van der Waals surface area contributed by atoms with Gasteiger partial charge < -0.3 is 9.84 Å². The van der Waals surface area contributed by atoms with Gasteiger partial charge in [0.15, 0.2) is 5.78 Å². The van der Waals surface area contributed by atoms with E-state index < -0.39 is 6.61 Å². The van der Waals surface area contributed by atoms with Gasteiger partial charge in [-0.05, 0) is 48.9 Å². The molecule has 0 atom stereocenters. The first kappa shape index (κ1) is 12.3. The quantitative estimate of drug-likeness (QED) is 0.838. The van der Waals surface area contributed by atoms with E-state index in [9.17, 15) is 4.79 Å². The minimum absolute atomic E-state index is 0.294. The Bertz CT molecular complexity index is 544. The molecule has 0 radical (unpaired) electrons. The van der Waals surface area contributed by atoms with Crippen molar-refractivity contribution in [3.05, 3.63) is 59.7 Å². The van der Waals surface area contributed by atoms with E-state index in [1.807, 2.05) is 31.2 Å². The van der Waals surface area contributed by atoms with Crippen molar-refractivity contribution in [3.8, 4) is 11.5 Å². The van der Waals surface area contributed by atoms with Crippen molar-refractivity contribution in [3.63, 3.8) is 0 Å². The number of hydrogen-bond acceptors (Lipinski definition) is 3. The van der Waals surface area contributed by atoms with E-state index in [0.29, 0.717) is 11.3 Å². The van der Waals surface area contributed by atoms with Crippen LogP contribution < -0.4 is 4.74 Å². The first-order valence-electron chi connectivity index (χ1n) is 5.67. The van der Waals surface area contributed by atoms with Crippen LogP contribution >= 0.6 is 0 Å². The number of aliphatic hydroxyl groups excluding tert-OH is 1. The van der Waals surface area contributed by atoms with Gasteiger partial charge in [-0.25, -0.2) is 0 Å². The van der Waals surface area contributed by atoms with Crippen LogP contribution in [0.2, 0.25) is 0 Å². The Hall–Kier alpha value is -2.13. The summed E-state index contributed by atoms with van der Waals surface area (Å²) in [7, 11) is 0. The van der Waals surface area contributed by atoms with Crippen molar-refractivity contribution in [2.45, 2.75) is 6.92 Å². The molecule has 0 bridgehead atoms. The van der Waals surface area contributed by atoms with Crippen LogP contribution in [0.5, 0.6) is 11.5 Å². The molecule has 0 fully saturated rings. The van der Waals surface area contributed by atoms with Gasteiger partial charge in [-0.15, -0.1) is 0 Å². The van der Waals surface area contributed by atoms with Gasteiger partial charge >= 0.3 is 0 Å². The van der Waals surface area contributed by atoms with Crippen LogP contribution in [-0.2, 0) is 0 Å². The summed E-state index contributed by atoms with van der Waals surface area (Å²) in [5, 5.41) is 8.74. The fraction of sp³-hybridized carbons (Fsp3) is 0.133. The minimum Gasteiger partial charge on any atom is -0.457 e. The third kappa shape index (κ3) is 2.96. The number of carbonyl (C=O) groups excluding carboxylic acids is 1. The lowest BCUT2D eigenvalue weighted by atomic mass is 10.1. The number of aliphatic hydroxyl groups is 1. The zero-order valence-corrected chi connectivity index (χ0v) is 10.1. The molecule has 0 heterocycles. The van der Waals surface area contributed by atoms with Crippen LogP contribution in [0.25, 0.3) is 0 Å². The van der Waals surface area contributed by atoms with E-state index in [4.69, 9.17) is 9.84 Å². The number of aryl methyl sites for hydroxylation is 1. The highest BCUT2D eigenvalue weighted by molar-refractivity contribution is 5.96. The van der Waals surface area contributed by atoms with E-state index in [0.717, 1.165) is 11.3 Å². The lowest BCUT2D eigenvalue weighted by Crippen LogP contribution is -2.03. The number of benzene rings is 2. The topological polar surface area (TPSA) is 46.5 Å². The average molecular weight is 242 g/mol. The fourth-order valence-electron chi connectivity index (χ4n) is 1.62. The first-order valence-corrected chi connectivity index (χ1v) is 5.67. The third-order valence-electron chi connectivity index (χ3n) is 2.55. The lowest BCUT2D eigenvalue weighted by molar-refractivity contribution is 0.0903. The second kappa shape index (κ2) is 5.47. The minimum atomic E-state index is -0.474. The van der Waals surface area contributed by atoms with Crippen molar-refractivity contribution in [2.24, 2.45) is 0 Å². The number of carbonyl (C=O) groups is 1. The zero-order chi connectivity index (χ0) is 13.0.